The number of aromatic nitrogens is 1. The van der Waals surface area contributed by atoms with Crippen LogP contribution < -0.4 is 5.73 Å². The molecule has 1 aromatic carbocycles. The number of halogens is 1. The van der Waals surface area contributed by atoms with Gasteiger partial charge in [-0.3, -0.25) is 0 Å². The lowest BCUT2D eigenvalue weighted by molar-refractivity contribution is 0.362. The Kier molecular flexibility index (Phi) is 4.07. The van der Waals surface area contributed by atoms with Crippen LogP contribution in [0.2, 0.25) is 0 Å². The first kappa shape index (κ1) is 13.1. The quantitative estimate of drug-likeness (QED) is 0.898. The molecule has 0 saturated carbocycles. The summed E-state index contributed by atoms with van der Waals surface area (Å²) < 4.78 is 6.44. The van der Waals surface area contributed by atoms with Crippen LogP contribution in [0, 0.1) is 0 Å². The molecule has 2 rings (SSSR count). The average molecular weight is 309 g/mol. The van der Waals surface area contributed by atoms with Crippen molar-refractivity contribution in [3.8, 4) is 11.1 Å². The van der Waals surface area contributed by atoms with Crippen LogP contribution in [0.25, 0.3) is 11.1 Å². The van der Waals surface area contributed by atoms with Gasteiger partial charge in [-0.25, -0.2) is 0 Å². The van der Waals surface area contributed by atoms with Gasteiger partial charge < -0.3 is 10.3 Å². The van der Waals surface area contributed by atoms with Crippen molar-refractivity contribution in [3.05, 3.63) is 34.5 Å². The first-order chi connectivity index (χ1) is 8.63. The summed E-state index contributed by atoms with van der Waals surface area (Å²) in [6.45, 7) is 4.31. The third-order valence-corrected chi connectivity index (χ3v) is 3.52. The van der Waals surface area contributed by atoms with Gasteiger partial charge in [0.2, 0.25) is 0 Å². The second kappa shape index (κ2) is 5.57. The zero-order valence-corrected chi connectivity index (χ0v) is 12.2. The van der Waals surface area contributed by atoms with Crippen LogP contribution >= 0.6 is 15.9 Å². The van der Waals surface area contributed by atoms with Crippen LogP contribution in [0.4, 0.5) is 5.82 Å². The molecule has 2 aromatic rings. The van der Waals surface area contributed by atoms with Gasteiger partial charge in [-0.15, -0.1) is 0 Å². The Morgan fingerprint density at radius 3 is 2.89 bits per heavy atom. The van der Waals surface area contributed by atoms with Crippen molar-refractivity contribution in [2.24, 2.45) is 0 Å². The molecule has 0 saturated heterocycles. The van der Waals surface area contributed by atoms with Crippen molar-refractivity contribution in [1.29, 1.82) is 0 Å². The summed E-state index contributed by atoms with van der Waals surface area (Å²) in [5, 5.41) is 3.91. The molecule has 0 fully saturated rings. The summed E-state index contributed by atoms with van der Waals surface area (Å²) >= 11 is 3.47. The Bertz CT molecular complexity index is 536. The first-order valence-electron chi connectivity index (χ1n) is 6.14. The third kappa shape index (κ3) is 2.58. The number of hydrogen-bond acceptors (Lipinski definition) is 3. The monoisotopic (exact) mass is 308 g/mol. The zero-order valence-electron chi connectivity index (χ0n) is 10.6. The van der Waals surface area contributed by atoms with Crippen molar-refractivity contribution >= 4 is 21.7 Å². The predicted molar refractivity (Wildman–Crippen MR) is 77.4 cm³/mol. The van der Waals surface area contributed by atoms with Gasteiger partial charge in [0.1, 0.15) is 5.76 Å². The molecule has 1 aromatic heterocycles. The van der Waals surface area contributed by atoms with Crippen LogP contribution in [0.15, 0.2) is 33.3 Å². The Morgan fingerprint density at radius 1 is 1.44 bits per heavy atom. The Morgan fingerprint density at radius 2 is 2.22 bits per heavy atom. The number of nitrogens with two attached hydrogens (primary N) is 1. The van der Waals surface area contributed by atoms with E-state index in [1.165, 1.54) is 0 Å². The highest BCUT2D eigenvalue weighted by Gasteiger charge is 2.20. The lowest BCUT2D eigenvalue weighted by Crippen LogP contribution is -1.95. The van der Waals surface area contributed by atoms with Crippen LogP contribution in [0.1, 0.15) is 38.4 Å². The number of benzene rings is 1. The van der Waals surface area contributed by atoms with Crippen molar-refractivity contribution in [1.82, 2.24) is 5.16 Å². The minimum Gasteiger partial charge on any atom is -0.380 e. The lowest BCUT2D eigenvalue weighted by atomic mass is 9.96. The van der Waals surface area contributed by atoms with E-state index in [1.54, 1.807) is 0 Å². The zero-order chi connectivity index (χ0) is 13.1. The van der Waals surface area contributed by atoms with Gasteiger partial charge in [0, 0.05) is 10.4 Å². The van der Waals surface area contributed by atoms with Crippen LogP contribution in [-0.4, -0.2) is 5.16 Å². The predicted octanol–water partition coefficient (Wildman–Crippen LogP) is 4.59. The van der Waals surface area contributed by atoms with Gasteiger partial charge >= 0.3 is 0 Å². The molecule has 4 heteroatoms. The summed E-state index contributed by atoms with van der Waals surface area (Å²) in [6, 6.07) is 8.03. The maximum atomic E-state index is 5.94. The molecule has 1 atom stereocenters. The van der Waals surface area contributed by atoms with E-state index in [2.05, 4.69) is 34.9 Å². The number of nitrogens with zero attached hydrogens (tertiary/aromatic N) is 1. The molecular weight excluding hydrogens is 292 g/mol. The molecule has 1 heterocycles. The molecule has 18 heavy (non-hydrogen) atoms. The second-order valence-corrected chi connectivity index (χ2v) is 5.42. The smallest absolute Gasteiger partial charge is 0.175 e. The molecule has 96 valence electrons. The van der Waals surface area contributed by atoms with Gasteiger partial charge in [-0.1, -0.05) is 53.5 Å². The van der Waals surface area contributed by atoms with Crippen LogP contribution in [0.3, 0.4) is 0 Å². The fraction of sp³-hybridized carbons (Fsp3) is 0.357. The molecule has 1 unspecified atom stereocenters. The minimum absolute atomic E-state index is 0.328. The third-order valence-electron chi connectivity index (χ3n) is 3.03. The number of nitrogen functional groups attached to an aromatic ring is 1. The normalized spacial score (nSPS) is 12.6. The fourth-order valence-corrected chi connectivity index (χ4v) is 2.55. The first-order valence-corrected chi connectivity index (χ1v) is 6.93. The van der Waals surface area contributed by atoms with Gasteiger partial charge in [-0.2, -0.15) is 0 Å². The highest BCUT2D eigenvalue weighted by Crippen LogP contribution is 2.36. The Balaban J connectivity index is 2.47. The maximum Gasteiger partial charge on any atom is 0.175 e. The van der Waals surface area contributed by atoms with Gasteiger partial charge in [0.15, 0.2) is 5.82 Å². The summed E-state index contributed by atoms with van der Waals surface area (Å²) in [6.07, 6.45) is 2.18. The highest BCUT2D eigenvalue weighted by molar-refractivity contribution is 9.10. The Hall–Kier alpha value is -1.29. The molecule has 0 aliphatic rings. The summed E-state index contributed by atoms with van der Waals surface area (Å²) in [5.74, 6) is 1.67. The summed E-state index contributed by atoms with van der Waals surface area (Å²) in [7, 11) is 0. The number of anilines is 1. The maximum absolute atomic E-state index is 5.94. The van der Waals surface area contributed by atoms with Gasteiger partial charge in [0.05, 0.1) is 5.56 Å². The molecule has 2 N–H and O–H groups in total. The molecule has 0 radical (unpaired) electrons. The summed E-state index contributed by atoms with van der Waals surface area (Å²) in [5.41, 5.74) is 7.91. The molecule has 0 aliphatic carbocycles. The molecule has 3 nitrogen and oxygen atoms in total. The standard InChI is InChI=1S/C14H17BrN2O/c1-3-5-9(2)13-12(14(16)17-18-13)10-6-4-7-11(15)8-10/h4,6-9H,3,5H2,1-2H3,(H2,16,17). The van der Waals surface area contributed by atoms with E-state index in [0.717, 1.165) is 34.2 Å². The number of rotatable bonds is 4. The van der Waals surface area contributed by atoms with Crippen LogP contribution in [0.5, 0.6) is 0 Å². The van der Waals surface area contributed by atoms with Crippen molar-refractivity contribution in [3.63, 3.8) is 0 Å². The van der Waals surface area contributed by atoms with Gasteiger partial charge in [-0.05, 0) is 24.1 Å². The van der Waals surface area contributed by atoms with E-state index in [-0.39, 0.29) is 0 Å². The van der Waals surface area contributed by atoms with E-state index in [0.29, 0.717) is 11.7 Å². The topological polar surface area (TPSA) is 52.0 Å². The van der Waals surface area contributed by atoms with Crippen LogP contribution in [-0.2, 0) is 0 Å². The average Bonchev–Trinajstić information content (AvgIpc) is 2.71. The number of hydrogen-bond donors (Lipinski definition) is 1. The molecule has 0 bridgehead atoms. The second-order valence-electron chi connectivity index (χ2n) is 4.51. The molecule has 0 amide bonds. The molecule has 0 spiro atoms. The minimum atomic E-state index is 0.328. The molecule has 0 aliphatic heterocycles. The van der Waals surface area contributed by atoms with E-state index >= 15 is 0 Å². The molecular formula is C14H17BrN2O. The van der Waals surface area contributed by atoms with Crippen molar-refractivity contribution < 1.29 is 4.52 Å². The van der Waals surface area contributed by atoms with E-state index in [9.17, 15) is 0 Å². The summed E-state index contributed by atoms with van der Waals surface area (Å²) in [4.78, 5) is 0. The van der Waals surface area contributed by atoms with E-state index in [4.69, 9.17) is 10.3 Å². The fourth-order valence-electron chi connectivity index (χ4n) is 2.15. The highest BCUT2D eigenvalue weighted by atomic mass is 79.9. The van der Waals surface area contributed by atoms with Crippen molar-refractivity contribution in [2.45, 2.75) is 32.6 Å². The SMILES string of the molecule is CCCC(C)c1onc(N)c1-c1cccc(Br)c1. The van der Waals surface area contributed by atoms with E-state index < -0.39 is 0 Å². The lowest BCUT2D eigenvalue weighted by Gasteiger charge is -2.09. The van der Waals surface area contributed by atoms with Gasteiger partial charge in [0.25, 0.3) is 0 Å². The Labute approximate surface area is 115 Å². The van der Waals surface area contributed by atoms with Crippen molar-refractivity contribution in [2.75, 3.05) is 5.73 Å². The largest absolute Gasteiger partial charge is 0.380 e. The van der Waals surface area contributed by atoms with E-state index in [1.807, 2.05) is 24.3 Å².